The predicted octanol–water partition coefficient (Wildman–Crippen LogP) is 4.36. The molecule has 0 aliphatic carbocycles. The van der Waals surface area contributed by atoms with Gasteiger partial charge in [0.1, 0.15) is 0 Å². The molecule has 0 radical (unpaired) electrons. The van der Waals surface area contributed by atoms with Crippen LogP contribution in [0.25, 0.3) is 0 Å². The lowest BCUT2D eigenvalue weighted by Crippen LogP contribution is -2.18. The fourth-order valence-electron chi connectivity index (χ4n) is 2.06. The molecule has 1 aromatic carbocycles. The van der Waals surface area contributed by atoms with Crippen molar-refractivity contribution < 1.29 is 0 Å². The molecule has 0 fully saturated rings. The number of nitrogens with one attached hydrogen (secondary N) is 1. The summed E-state index contributed by atoms with van der Waals surface area (Å²) in [6.45, 7) is 7.25. The minimum absolute atomic E-state index is 0.252. The molecule has 0 spiro atoms. The number of benzene rings is 1. The Morgan fingerprint density at radius 1 is 1.30 bits per heavy atom. The minimum atomic E-state index is 0.252. The van der Waals surface area contributed by atoms with Crippen molar-refractivity contribution in [1.29, 1.82) is 0 Å². The first-order valence-electron chi connectivity index (χ1n) is 7.13. The standard InChI is InChI=1S/C16H22ClN3/c1-4-12(2)20-9-8-16(19-20)11-18-13(3)14-6-5-7-15(17)10-14/h5-10,12-13,18H,4,11H2,1-3H3/t12?,13-/m1/s1. The molecule has 108 valence electrons. The predicted molar refractivity (Wildman–Crippen MR) is 83.9 cm³/mol. The second-order valence-electron chi connectivity index (χ2n) is 5.20. The Morgan fingerprint density at radius 3 is 2.80 bits per heavy atom. The smallest absolute Gasteiger partial charge is 0.0762 e. The molecule has 2 rings (SSSR count). The Hall–Kier alpha value is -1.32. The lowest BCUT2D eigenvalue weighted by Gasteiger charge is -2.14. The Labute approximate surface area is 126 Å². The molecular weight excluding hydrogens is 270 g/mol. The highest BCUT2D eigenvalue weighted by molar-refractivity contribution is 6.30. The second kappa shape index (κ2) is 6.91. The lowest BCUT2D eigenvalue weighted by atomic mass is 10.1. The molecule has 0 amide bonds. The third kappa shape index (κ3) is 3.84. The highest BCUT2D eigenvalue weighted by atomic mass is 35.5. The molecule has 20 heavy (non-hydrogen) atoms. The van der Waals surface area contributed by atoms with Crippen LogP contribution in [-0.2, 0) is 6.54 Å². The molecule has 3 nitrogen and oxygen atoms in total. The molecule has 4 heteroatoms. The van der Waals surface area contributed by atoms with Gasteiger partial charge in [-0.25, -0.2) is 0 Å². The van der Waals surface area contributed by atoms with Crippen molar-refractivity contribution in [2.24, 2.45) is 0 Å². The first-order chi connectivity index (χ1) is 9.60. The van der Waals surface area contributed by atoms with Crippen molar-refractivity contribution in [2.75, 3.05) is 0 Å². The van der Waals surface area contributed by atoms with Gasteiger partial charge in [-0.2, -0.15) is 5.10 Å². The van der Waals surface area contributed by atoms with Crippen LogP contribution in [0.4, 0.5) is 0 Å². The lowest BCUT2D eigenvalue weighted by molar-refractivity contribution is 0.468. The summed E-state index contributed by atoms with van der Waals surface area (Å²) in [5.74, 6) is 0. The number of hydrogen-bond acceptors (Lipinski definition) is 2. The summed E-state index contributed by atoms with van der Waals surface area (Å²) in [5, 5.41) is 8.85. The topological polar surface area (TPSA) is 29.9 Å². The van der Waals surface area contributed by atoms with Crippen LogP contribution in [0.3, 0.4) is 0 Å². The van der Waals surface area contributed by atoms with Crippen LogP contribution >= 0.6 is 11.6 Å². The summed E-state index contributed by atoms with van der Waals surface area (Å²) < 4.78 is 2.03. The zero-order valence-corrected chi connectivity index (χ0v) is 13.1. The van der Waals surface area contributed by atoms with Crippen molar-refractivity contribution in [2.45, 2.75) is 45.8 Å². The van der Waals surface area contributed by atoms with Gasteiger partial charge in [0, 0.05) is 29.8 Å². The fourth-order valence-corrected chi connectivity index (χ4v) is 2.25. The maximum atomic E-state index is 6.02. The van der Waals surface area contributed by atoms with E-state index in [1.54, 1.807) is 0 Å². The van der Waals surface area contributed by atoms with Crippen LogP contribution in [0, 0.1) is 0 Å². The Bertz CT molecular complexity index is 550. The van der Waals surface area contributed by atoms with Gasteiger partial charge in [0.15, 0.2) is 0 Å². The van der Waals surface area contributed by atoms with Crippen molar-refractivity contribution in [3.63, 3.8) is 0 Å². The Kier molecular flexibility index (Phi) is 5.21. The monoisotopic (exact) mass is 291 g/mol. The van der Waals surface area contributed by atoms with Gasteiger partial charge >= 0.3 is 0 Å². The third-order valence-electron chi connectivity index (χ3n) is 3.64. The summed E-state index contributed by atoms with van der Waals surface area (Å²) in [4.78, 5) is 0. The molecule has 2 aromatic rings. The van der Waals surface area contributed by atoms with Gasteiger partial charge in [0.05, 0.1) is 5.69 Å². The normalized spacial score (nSPS) is 14.2. The third-order valence-corrected chi connectivity index (χ3v) is 3.88. The molecule has 0 saturated carbocycles. The molecule has 0 bridgehead atoms. The Balaban J connectivity index is 1.93. The van der Waals surface area contributed by atoms with Crippen molar-refractivity contribution in [1.82, 2.24) is 15.1 Å². The zero-order chi connectivity index (χ0) is 14.5. The molecule has 0 aliphatic heterocycles. The first-order valence-corrected chi connectivity index (χ1v) is 7.50. The number of rotatable bonds is 6. The maximum Gasteiger partial charge on any atom is 0.0762 e. The van der Waals surface area contributed by atoms with Gasteiger partial charge in [-0.05, 0) is 44.0 Å². The molecule has 1 heterocycles. The van der Waals surface area contributed by atoms with Crippen LogP contribution < -0.4 is 5.32 Å². The highest BCUT2D eigenvalue weighted by Crippen LogP contribution is 2.17. The molecule has 1 unspecified atom stereocenters. The summed E-state index contributed by atoms with van der Waals surface area (Å²) in [7, 11) is 0. The molecule has 2 atom stereocenters. The van der Waals surface area contributed by atoms with E-state index in [0.29, 0.717) is 6.04 Å². The van der Waals surface area contributed by atoms with E-state index in [1.165, 1.54) is 5.56 Å². The van der Waals surface area contributed by atoms with E-state index in [4.69, 9.17) is 11.6 Å². The summed E-state index contributed by atoms with van der Waals surface area (Å²) in [6.07, 6.45) is 3.14. The molecular formula is C16H22ClN3. The maximum absolute atomic E-state index is 6.02. The molecule has 1 N–H and O–H groups in total. The molecule has 0 saturated heterocycles. The van der Waals surface area contributed by atoms with E-state index in [9.17, 15) is 0 Å². The Morgan fingerprint density at radius 2 is 2.10 bits per heavy atom. The van der Waals surface area contributed by atoms with Crippen molar-refractivity contribution in [3.05, 3.63) is 52.8 Å². The van der Waals surface area contributed by atoms with Crippen LogP contribution in [0.1, 0.15) is 50.5 Å². The van der Waals surface area contributed by atoms with Gasteiger partial charge in [0.2, 0.25) is 0 Å². The number of halogens is 1. The van der Waals surface area contributed by atoms with Crippen LogP contribution in [-0.4, -0.2) is 9.78 Å². The van der Waals surface area contributed by atoms with Crippen LogP contribution in [0.2, 0.25) is 5.02 Å². The minimum Gasteiger partial charge on any atom is -0.304 e. The second-order valence-corrected chi connectivity index (χ2v) is 5.64. The fraction of sp³-hybridized carbons (Fsp3) is 0.438. The molecule has 0 aliphatic rings. The summed E-state index contributed by atoms with van der Waals surface area (Å²) >= 11 is 6.02. The van der Waals surface area contributed by atoms with E-state index in [-0.39, 0.29) is 6.04 Å². The van der Waals surface area contributed by atoms with E-state index in [2.05, 4.69) is 49.5 Å². The zero-order valence-electron chi connectivity index (χ0n) is 12.3. The van der Waals surface area contributed by atoms with E-state index < -0.39 is 0 Å². The largest absolute Gasteiger partial charge is 0.304 e. The van der Waals surface area contributed by atoms with Gasteiger partial charge in [-0.15, -0.1) is 0 Å². The number of aromatic nitrogens is 2. The SMILES string of the molecule is CCC(C)n1ccc(CN[C@H](C)c2cccc(Cl)c2)n1. The number of hydrogen-bond donors (Lipinski definition) is 1. The number of nitrogens with zero attached hydrogens (tertiary/aromatic N) is 2. The molecule has 1 aromatic heterocycles. The summed E-state index contributed by atoms with van der Waals surface area (Å²) in [6, 6.07) is 10.7. The first kappa shape index (κ1) is 15.1. The summed E-state index contributed by atoms with van der Waals surface area (Å²) in [5.41, 5.74) is 2.26. The van der Waals surface area contributed by atoms with E-state index in [0.717, 1.165) is 23.7 Å². The van der Waals surface area contributed by atoms with E-state index in [1.807, 2.05) is 22.9 Å². The highest BCUT2D eigenvalue weighted by Gasteiger charge is 2.08. The van der Waals surface area contributed by atoms with Crippen LogP contribution in [0.15, 0.2) is 36.5 Å². The van der Waals surface area contributed by atoms with Crippen molar-refractivity contribution in [3.8, 4) is 0 Å². The van der Waals surface area contributed by atoms with Crippen molar-refractivity contribution >= 4 is 11.6 Å². The van der Waals surface area contributed by atoms with Gasteiger partial charge < -0.3 is 5.32 Å². The quantitative estimate of drug-likeness (QED) is 0.857. The average Bonchev–Trinajstić information content (AvgIpc) is 2.92. The van der Waals surface area contributed by atoms with Gasteiger partial charge in [0.25, 0.3) is 0 Å². The van der Waals surface area contributed by atoms with Crippen LogP contribution in [0.5, 0.6) is 0 Å². The van der Waals surface area contributed by atoms with Gasteiger partial charge in [-0.3, -0.25) is 4.68 Å². The average molecular weight is 292 g/mol. The van der Waals surface area contributed by atoms with E-state index >= 15 is 0 Å². The van der Waals surface area contributed by atoms with Gasteiger partial charge in [-0.1, -0.05) is 30.7 Å².